The van der Waals surface area contributed by atoms with Gasteiger partial charge in [-0.15, -0.1) is 0 Å². The second kappa shape index (κ2) is 5.79. The number of hydrogen-bond donors (Lipinski definition) is 1. The van der Waals surface area contributed by atoms with Gasteiger partial charge in [0.05, 0.1) is 0 Å². The van der Waals surface area contributed by atoms with E-state index >= 15 is 0 Å². The summed E-state index contributed by atoms with van der Waals surface area (Å²) in [5, 5.41) is 3.47. The quantitative estimate of drug-likeness (QED) is 0.893. The predicted octanol–water partition coefficient (Wildman–Crippen LogP) is 3.47. The van der Waals surface area contributed by atoms with Gasteiger partial charge in [0.1, 0.15) is 0 Å². The van der Waals surface area contributed by atoms with Gasteiger partial charge >= 0.3 is 0 Å². The number of nitrogens with one attached hydrogen (secondary N) is 1. The molecule has 0 atom stereocenters. The first kappa shape index (κ1) is 14.1. The highest BCUT2D eigenvalue weighted by molar-refractivity contribution is 5.61. The third-order valence-electron chi connectivity index (χ3n) is 3.51. The van der Waals surface area contributed by atoms with E-state index < -0.39 is 0 Å². The van der Waals surface area contributed by atoms with E-state index in [-0.39, 0.29) is 5.54 Å². The van der Waals surface area contributed by atoms with Crippen molar-refractivity contribution in [2.24, 2.45) is 0 Å². The molecule has 2 nitrogen and oxygen atoms in total. The number of anilines is 1. The normalized spacial score (nSPS) is 15.9. The Kier molecular flexibility index (Phi) is 4.31. The largest absolute Gasteiger partial charge is 0.374 e. The Morgan fingerprint density at radius 3 is 2.84 bits per heavy atom. The van der Waals surface area contributed by atoms with Crippen molar-refractivity contribution < 1.29 is 0 Å². The molecule has 0 unspecified atom stereocenters. The lowest BCUT2D eigenvalue weighted by atomic mass is 9.99. The fraction of sp³-hybridized carbons (Fsp3) is 0.529. The minimum Gasteiger partial charge on any atom is -0.374 e. The Morgan fingerprint density at radius 1 is 1.32 bits per heavy atom. The van der Waals surface area contributed by atoms with Crippen molar-refractivity contribution in [2.75, 3.05) is 25.0 Å². The summed E-state index contributed by atoms with van der Waals surface area (Å²) in [7, 11) is 2.18. The fourth-order valence-electron chi connectivity index (χ4n) is 2.47. The molecule has 0 spiro atoms. The standard InChI is InChI=1S/C17H26N2/c1-17(2,3)18-11-5-7-14-9-10-16-15(13-14)8-6-12-19(16)4/h5,7,9-10,13,18H,6,8,11-12H2,1-4H3. The molecule has 0 saturated carbocycles. The van der Waals surface area contributed by atoms with Gasteiger partial charge in [-0.25, -0.2) is 0 Å². The molecule has 104 valence electrons. The molecule has 0 bridgehead atoms. The van der Waals surface area contributed by atoms with E-state index in [9.17, 15) is 0 Å². The molecule has 1 N–H and O–H groups in total. The van der Waals surface area contributed by atoms with Gasteiger partial charge in [-0.2, -0.15) is 0 Å². The van der Waals surface area contributed by atoms with E-state index in [0.717, 1.165) is 6.54 Å². The minimum atomic E-state index is 0.183. The number of hydrogen-bond acceptors (Lipinski definition) is 2. The lowest BCUT2D eigenvalue weighted by molar-refractivity contribution is 0.450. The second-order valence-electron chi connectivity index (χ2n) is 6.45. The Hall–Kier alpha value is -1.28. The third-order valence-corrected chi connectivity index (χ3v) is 3.51. The molecule has 1 aromatic carbocycles. The van der Waals surface area contributed by atoms with Gasteiger partial charge < -0.3 is 10.2 Å². The second-order valence-corrected chi connectivity index (χ2v) is 6.45. The molecule has 2 heteroatoms. The molecule has 0 aromatic heterocycles. The molecule has 2 rings (SSSR count). The van der Waals surface area contributed by atoms with E-state index in [0.29, 0.717) is 0 Å². The highest BCUT2D eigenvalue weighted by atomic mass is 15.1. The van der Waals surface area contributed by atoms with Crippen molar-refractivity contribution in [3.63, 3.8) is 0 Å². The average molecular weight is 258 g/mol. The van der Waals surface area contributed by atoms with E-state index in [1.165, 1.54) is 36.2 Å². The van der Waals surface area contributed by atoms with Crippen LogP contribution in [-0.4, -0.2) is 25.7 Å². The minimum absolute atomic E-state index is 0.183. The highest BCUT2D eigenvalue weighted by Crippen LogP contribution is 2.27. The summed E-state index contributed by atoms with van der Waals surface area (Å²) in [5.74, 6) is 0. The first-order chi connectivity index (χ1) is 8.96. The predicted molar refractivity (Wildman–Crippen MR) is 84.8 cm³/mol. The van der Waals surface area contributed by atoms with Crippen LogP contribution in [0.2, 0.25) is 0 Å². The van der Waals surface area contributed by atoms with Crippen molar-refractivity contribution in [3.05, 3.63) is 35.4 Å². The maximum absolute atomic E-state index is 3.47. The number of fused-ring (bicyclic) bond motifs is 1. The lowest BCUT2D eigenvalue weighted by Crippen LogP contribution is -2.35. The van der Waals surface area contributed by atoms with Crippen molar-refractivity contribution in [2.45, 2.75) is 39.2 Å². The van der Waals surface area contributed by atoms with Crippen molar-refractivity contribution >= 4 is 11.8 Å². The van der Waals surface area contributed by atoms with Crippen LogP contribution in [0.3, 0.4) is 0 Å². The lowest BCUT2D eigenvalue weighted by Gasteiger charge is -2.27. The molecule has 1 aliphatic heterocycles. The molecule has 1 aliphatic rings. The molecule has 19 heavy (non-hydrogen) atoms. The molecule has 1 aromatic rings. The zero-order chi connectivity index (χ0) is 13.9. The first-order valence-electron chi connectivity index (χ1n) is 7.21. The van der Waals surface area contributed by atoms with Crippen molar-refractivity contribution in [1.29, 1.82) is 0 Å². The summed E-state index contributed by atoms with van der Waals surface area (Å²) >= 11 is 0. The van der Waals surface area contributed by atoms with Crippen LogP contribution in [0.25, 0.3) is 6.08 Å². The van der Waals surface area contributed by atoms with Gasteiger partial charge in [0, 0.05) is 31.4 Å². The Bertz CT molecular complexity index is 455. The summed E-state index contributed by atoms with van der Waals surface area (Å²) in [6.45, 7) is 8.67. The monoisotopic (exact) mass is 258 g/mol. The molecule has 1 heterocycles. The topological polar surface area (TPSA) is 15.3 Å². The van der Waals surface area contributed by atoms with E-state index in [1.807, 2.05) is 0 Å². The van der Waals surface area contributed by atoms with E-state index in [2.05, 4.69) is 68.4 Å². The molecule has 0 saturated heterocycles. The molecular weight excluding hydrogens is 232 g/mol. The van der Waals surface area contributed by atoms with Gasteiger partial charge in [-0.3, -0.25) is 0 Å². The number of benzene rings is 1. The zero-order valence-corrected chi connectivity index (χ0v) is 12.7. The summed E-state index contributed by atoms with van der Waals surface area (Å²) in [6.07, 6.45) is 6.90. The number of rotatable bonds is 3. The summed E-state index contributed by atoms with van der Waals surface area (Å²) in [4.78, 5) is 2.35. The van der Waals surface area contributed by atoms with Gasteiger partial charge in [0.2, 0.25) is 0 Å². The molecular formula is C17H26N2. The van der Waals surface area contributed by atoms with Gasteiger partial charge in [-0.05, 0) is 56.9 Å². The van der Waals surface area contributed by atoms with Crippen LogP contribution < -0.4 is 10.2 Å². The molecule has 0 radical (unpaired) electrons. The summed E-state index contributed by atoms with van der Waals surface area (Å²) in [5.41, 5.74) is 4.38. The van der Waals surface area contributed by atoms with Crippen LogP contribution in [0.5, 0.6) is 0 Å². The Balaban J connectivity index is 2.00. The van der Waals surface area contributed by atoms with E-state index in [1.54, 1.807) is 0 Å². The third kappa shape index (κ3) is 4.10. The van der Waals surface area contributed by atoms with E-state index in [4.69, 9.17) is 0 Å². The van der Waals surface area contributed by atoms with Crippen LogP contribution >= 0.6 is 0 Å². The van der Waals surface area contributed by atoms with Crippen molar-refractivity contribution in [3.8, 4) is 0 Å². The van der Waals surface area contributed by atoms with Gasteiger partial charge in [-0.1, -0.05) is 18.2 Å². The zero-order valence-electron chi connectivity index (χ0n) is 12.7. The van der Waals surface area contributed by atoms with Gasteiger partial charge in [0.25, 0.3) is 0 Å². The fourth-order valence-corrected chi connectivity index (χ4v) is 2.47. The maximum Gasteiger partial charge on any atom is 0.0396 e. The Labute approximate surface area is 117 Å². The van der Waals surface area contributed by atoms with Crippen LogP contribution in [0.4, 0.5) is 5.69 Å². The van der Waals surface area contributed by atoms with Crippen LogP contribution in [-0.2, 0) is 6.42 Å². The average Bonchev–Trinajstić information content (AvgIpc) is 2.34. The number of aryl methyl sites for hydroxylation is 1. The summed E-state index contributed by atoms with van der Waals surface area (Å²) in [6, 6.07) is 6.80. The van der Waals surface area contributed by atoms with Crippen molar-refractivity contribution in [1.82, 2.24) is 5.32 Å². The SMILES string of the molecule is CN1CCCc2cc(C=CCNC(C)(C)C)ccc21. The maximum atomic E-state index is 3.47. The van der Waals surface area contributed by atoms with Gasteiger partial charge in [0.15, 0.2) is 0 Å². The highest BCUT2D eigenvalue weighted by Gasteiger charge is 2.12. The molecule has 0 amide bonds. The Morgan fingerprint density at radius 2 is 2.11 bits per heavy atom. The van der Waals surface area contributed by atoms with Crippen LogP contribution in [0.1, 0.15) is 38.3 Å². The van der Waals surface area contributed by atoms with Crippen LogP contribution in [0.15, 0.2) is 24.3 Å². The smallest absolute Gasteiger partial charge is 0.0396 e. The van der Waals surface area contributed by atoms with Crippen LogP contribution in [0, 0.1) is 0 Å². The summed E-state index contributed by atoms with van der Waals surface area (Å²) < 4.78 is 0. The number of nitrogens with zero attached hydrogens (tertiary/aromatic N) is 1. The first-order valence-corrected chi connectivity index (χ1v) is 7.21. The molecule has 0 aliphatic carbocycles. The molecule has 0 fully saturated rings.